The van der Waals surface area contributed by atoms with Gasteiger partial charge >= 0.3 is 5.97 Å². The van der Waals surface area contributed by atoms with Crippen molar-refractivity contribution < 1.29 is 23.8 Å². The molecular formula is C29H42FN3O4. The number of anilines is 1. The van der Waals surface area contributed by atoms with Crippen LogP contribution in [0.25, 0.3) is 11.1 Å². The van der Waals surface area contributed by atoms with Crippen molar-refractivity contribution in [2.45, 2.75) is 86.4 Å². The van der Waals surface area contributed by atoms with Crippen LogP contribution in [-0.2, 0) is 9.53 Å². The molecule has 1 aliphatic heterocycles. The number of rotatable bonds is 9. The lowest BCUT2D eigenvalue weighted by Crippen LogP contribution is -2.39. The highest BCUT2D eigenvalue weighted by atomic mass is 19.1. The van der Waals surface area contributed by atoms with E-state index in [0.717, 1.165) is 32.4 Å². The first-order valence-electron chi connectivity index (χ1n) is 13.1. The fourth-order valence-electron chi connectivity index (χ4n) is 4.47. The van der Waals surface area contributed by atoms with Crippen LogP contribution in [0.2, 0.25) is 0 Å². The zero-order chi connectivity index (χ0) is 27.5. The van der Waals surface area contributed by atoms with Crippen LogP contribution in [0.3, 0.4) is 0 Å². The molecule has 7 nitrogen and oxygen atoms in total. The maximum absolute atomic E-state index is 15.1. The molecule has 0 bridgehead atoms. The predicted octanol–water partition coefficient (Wildman–Crippen LogP) is 6.58. The van der Waals surface area contributed by atoms with Gasteiger partial charge in [-0.1, -0.05) is 27.7 Å². The SMILES string of the molecule is Cc1ncc(-c2cnc(OCCC(C)C)c(F)c2)c(N2CCC(C)(C)CC2)c1C(OC(C)(C)C)C(=O)O. The quantitative estimate of drug-likeness (QED) is 0.404. The second-order valence-electron chi connectivity index (χ2n) is 12.2. The highest BCUT2D eigenvalue weighted by Gasteiger charge is 2.36. The topological polar surface area (TPSA) is 84.8 Å². The van der Waals surface area contributed by atoms with Crippen LogP contribution in [0.1, 0.15) is 85.1 Å². The highest BCUT2D eigenvalue weighted by Crippen LogP contribution is 2.43. The minimum absolute atomic E-state index is 0.0366. The molecule has 2 aromatic heterocycles. The second-order valence-corrected chi connectivity index (χ2v) is 12.2. The summed E-state index contributed by atoms with van der Waals surface area (Å²) in [5.74, 6) is -1.25. The number of aromatic nitrogens is 2. The van der Waals surface area contributed by atoms with Crippen LogP contribution in [-0.4, -0.2) is 46.3 Å². The Labute approximate surface area is 220 Å². The Kier molecular flexibility index (Phi) is 8.83. The third-order valence-electron chi connectivity index (χ3n) is 6.73. The number of carbonyl (C=O) groups is 1. The number of aliphatic carboxylic acids is 1. The summed E-state index contributed by atoms with van der Waals surface area (Å²) in [6.07, 6.45) is 4.71. The second kappa shape index (κ2) is 11.3. The molecule has 1 aliphatic rings. The summed E-state index contributed by atoms with van der Waals surface area (Å²) in [4.78, 5) is 23.5. The minimum Gasteiger partial charge on any atom is -0.479 e. The zero-order valence-corrected chi connectivity index (χ0v) is 23.5. The fourth-order valence-corrected chi connectivity index (χ4v) is 4.47. The van der Waals surface area contributed by atoms with Gasteiger partial charge in [-0.05, 0) is 64.4 Å². The van der Waals surface area contributed by atoms with Crippen molar-refractivity contribution in [3.8, 4) is 17.0 Å². The molecule has 0 saturated carbocycles. The molecule has 3 rings (SSSR count). The molecule has 3 heterocycles. The van der Waals surface area contributed by atoms with Crippen LogP contribution in [0.15, 0.2) is 18.5 Å². The van der Waals surface area contributed by atoms with E-state index in [1.54, 1.807) is 19.3 Å². The number of hydrogen-bond acceptors (Lipinski definition) is 6. The Morgan fingerprint density at radius 1 is 1.19 bits per heavy atom. The molecule has 1 atom stereocenters. The minimum atomic E-state index is -1.23. The van der Waals surface area contributed by atoms with Gasteiger partial charge in [0.05, 0.1) is 17.9 Å². The van der Waals surface area contributed by atoms with Crippen molar-refractivity contribution in [3.63, 3.8) is 0 Å². The summed E-state index contributed by atoms with van der Waals surface area (Å²) in [6, 6.07) is 1.39. The van der Waals surface area contributed by atoms with Crippen molar-refractivity contribution >= 4 is 11.7 Å². The molecule has 37 heavy (non-hydrogen) atoms. The molecule has 1 N–H and O–H groups in total. The van der Waals surface area contributed by atoms with Gasteiger partial charge in [0.15, 0.2) is 11.9 Å². The first-order chi connectivity index (χ1) is 17.2. The monoisotopic (exact) mass is 515 g/mol. The van der Waals surface area contributed by atoms with E-state index in [1.165, 1.54) is 6.07 Å². The van der Waals surface area contributed by atoms with Crippen molar-refractivity contribution in [3.05, 3.63) is 35.5 Å². The number of ether oxygens (including phenoxy) is 2. The van der Waals surface area contributed by atoms with Gasteiger partial charge in [-0.3, -0.25) is 4.98 Å². The maximum atomic E-state index is 15.1. The normalized spacial score (nSPS) is 16.6. The molecule has 0 amide bonds. The average Bonchev–Trinajstić information content (AvgIpc) is 2.78. The van der Waals surface area contributed by atoms with Gasteiger partial charge in [0.1, 0.15) is 0 Å². The van der Waals surface area contributed by atoms with Gasteiger partial charge in [-0.2, -0.15) is 0 Å². The predicted molar refractivity (Wildman–Crippen MR) is 144 cm³/mol. The van der Waals surface area contributed by atoms with E-state index < -0.39 is 23.5 Å². The molecular weight excluding hydrogens is 473 g/mol. The van der Waals surface area contributed by atoms with E-state index in [2.05, 4.69) is 42.6 Å². The largest absolute Gasteiger partial charge is 0.479 e. The lowest BCUT2D eigenvalue weighted by atomic mass is 9.82. The number of carboxylic acids is 1. The molecule has 0 radical (unpaired) electrons. The van der Waals surface area contributed by atoms with E-state index in [1.807, 2.05) is 20.8 Å². The third kappa shape index (κ3) is 7.40. The smallest absolute Gasteiger partial charge is 0.337 e. The lowest BCUT2D eigenvalue weighted by Gasteiger charge is -2.40. The van der Waals surface area contributed by atoms with Crippen molar-refractivity contribution in [1.29, 1.82) is 0 Å². The summed E-state index contributed by atoms with van der Waals surface area (Å²) in [5, 5.41) is 10.2. The molecule has 1 unspecified atom stereocenters. The summed E-state index contributed by atoms with van der Waals surface area (Å²) < 4.78 is 26.7. The fraction of sp³-hybridized carbons (Fsp3) is 0.621. The van der Waals surface area contributed by atoms with Gasteiger partial charge in [0.2, 0.25) is 5.88 Å². The number of aryl methyl sites for hydroxylation is 1. The van der Waals surface area contributed by atoms with Gasteiger partial charge in [0.25, 0.3) is 0 Å². The van der Waals surface area contributed by atoms with Crippen molar-refractivity contribution in [2.24, 2.45) is 11.3 Å². The Bertz CT molecular complexity index is 1100. The van der Waals surface area contributed by atoms with E-state index >= 15 is 4.39 Å². The van der Waals surface area contributed by atoms with Crippen LogP contribution < -0.4 is 9.64 Å². The lowest BCUT2D eigenvalue weighted by molar-refractivity contribution is -0.160. The summed E-state index contributed by atoms with van der Waals surface area (Å²) in [7, 11) is 0. The molecule has 8 heteroatoms. The molecule has 0 spiro atoms. The van der Waals surface area contributed by atoms with Gasteiger partial charge in [-0.15, -0.1) is 0 Å². The van der Waals surface area contributed by atoms with Crippen molar-refractivity contribution in [1.82, 2.24) is 9.97 Å². The molecule has 204 valence electrons. The molecule has 0 aromatic carbocycles. The van der Waals surface area contributed by atoms with Gasteiger partial charge in [-0.25, -0.2) is 14.2 Å². The first kappa shape index (κ1) is 28.8. The number of piperidine rings is 1. The van der Waals surface area contributed by atoms with Gasteiger partial charge < -0.3 is 19.5 Å². The Morgan fingerprint density at radius 3 is 2.38 bits per heavy atom. The van der Waals surface area contributed by atoms with E-state index in [4.69, 9.17) is 9.47 Å². The standard InChI is InChI=1S/C29H42FN3O4/c1-18(2)9-14-36-26-22(30)15-20(16-32-26)21-17-31-19(3)23(25(27(34)35)37-28(4,5)6)24(21)33-12-10-29(7,8)11-13-33/h15-18,25H,9-14H2,1-8H3,(H,34,35). The summed E-state index contributed by atoms with van der Waals surface area (Å²) in [5.41, 5.74) is 2.42. The first-order valence-corrected chi connectivity index (χ1v) is 13.1. The van der Waals surface area contributed by atoms with E-state index in [0.29, 0.717) is 40.6 Å². The zero-order valence-electron chi connectivity index (χ0n) is 23.5. The Hall–Kier alpha value is -2.74. The number of pyridine rings is 2. The van der Waals surface area contributed by atoms with Crippen LogP contribution in [0, 0.1) is 24.1 Å². The van der Waals surface area contributed by atoms with E-state index in [-0.39, 0.29) is 11.3 Å². The molecule has 1 saturated heterocycles. The van der Waals surface area contributed by atoms with Crippen molar-refractivity contribution in [2.75, 3.05) is 24.6 Å². The van der Waals surface area contributed by atoms with Crippen LogP contribution >= 0.6 is 0 Å². The van der Waals surface area contributed by atoms with Crippen LogP contribution in [0.4, 0.5) is 10.1 Å². The molecule has 1 fully saturated rings. The molecule has 0 aliphatic carbocycles. The highest BCUT2D eigenvalue weighted by molar-refractivity contribution is 5.86. The Balaban J connectivity index is 2.14. The average molecular weight is 516 g/mol. The Morgan fingerprint density at radius 2 is 1.84 bits per heavy atom. The number of halogens is 1. The van der Waals surface area contributed by atoms with Gasteiger partial charge in [0, 0.05) is 47.9 Å². The van der Waals surface area contributed by atoms with E-state index in [9.17, 15) is 9.90 Å². The van der Waals surface area contributed by atoms with Crippen LogP contribution in [0.5, 0.6) is 5.88 Å². The summed E-state index contributed by atoms with van der Waals surface area (Å²) in [6.45, 7) is 17.8. The number of hydrogen-bond donors (Lipinski definition) is 1. The number of carboxylic acid groups (broad SMARTS) is 1. The maximum Gasteiger partial charge on any atom is 0.337 e. The number of nitrogens with zero attached hydrogens (tertiary/aromatic N) is 3. The molecule has 2 aromatic rings. The third-order valence-corrected chi connectivity index (χ3v) is 6.73. The summed E-state index contributed by atoms with van der Waals surface area (Å²) >= 11 is 0.